The van der Waals surface area contributed by atoms with Gasteiger partial charge in [-0.15, -0.1) is 0 Å². The van der Waals surface area contributed by atoms with Crippen molar-refractivity contribution >= 4 is 0 Å². The largest absolute Gasteiger partial charge is 0.304 e. The summed E-state index contributed by atoms with van der Waals surface area (Å²) in [6.07, 6.45) is 1.28. The van der Waals surface area contributed by atoms with Gasteiger partial charge in [-0.25, -0.2) is 4.39 Å². The Morgan fingerprint density at radius 2 is 1.68 bits per heavy atom. The minimum absolute atomic E-state index is 0.116. The van der Waals surface area contributed by atoms with Crippen molar-refractivity contribution in [2.75, 3.05) is 0 Å². The molecular formula is C19H25FN2. The Morgan fingerprint density at radius 3 is 2.18 bits per heavy atom. The zero-order valence-corrected chi connectivity index (χ0v) is 13.8. The number of rotatable bonds is 6. The predicted octanol–water partition coefficient (Wildman–Crippen LogP) is 4.83. The van der Waals surface area contributed by atoms with Gasteiger partial charge in [0.15, 0.2) is 0 Å². The van der Waals surface area contributed by atoms with E-state index in [0.29, 0.717) is 11.8 Å². The summed E-state index contributed by atoms with van der Waals surface area (Å²) in [4.78, 5) is 4.21. The monoisotopic (exact) mass is 300 g/mol. The number of hydrogen-bond acceptors (Lipinski definition) is 2. The fourth-order valence-corrected chi connectivity index (χ4v) is 2.50. The molecule has 0 aliphatic rings. The van der Waals surface area contributed by atoms with Gasteiger partial charge in [-0.05, 0) is 35.1 Å². The smallest absolute Gasteiger partial charge is 0.141 e. The van der Waals surface area contributed by atoms with E-state index in [0.717, 1.165) is 12.2 Å². The first kappa shape index (κ1) is 16.6. The second kappa shape index (κ2) is 7.50. The number of halogens is 1. The molecule has 0 aliphatic heterocycles. The minimum atomic E-state index is -0.296. The highest BCUT2D eigenvalue weighted by Crippen LogP contribution is 2.21. The molecule has 1 N–H and O–H groups in total. The van der Waals surface area contributed by atoms with Crippen LogP contribution in [0.1, 0.15) is 56.5 Å². The van der Waals surface area contributed by atoms with Gasteiger partial charge >= 0.3 is 0 Å². The van der Waals surface area contributed by atoms with Crippen LogP contribution in [0, 0.1) is 11.7 Å². The Kier molecular flexibility index (Phi) is 5.67. The molecule has 3 heteroatoms. The van der Waals surface area contributed by atoms with Gasteiger partial charge in [-0.3, -0.25) is 4.98 Å². The molecule has 0 radical (unpaired) electrons. The standard InChI is InChI=1S/C19H25FN2/c1-13(2)16-7-5-15(6-8-16)11-22-19(14(3)4)18-10-9-17(20)12-21-18/h5-10,12-14,19,22H,11H2,1-4H3. The van der Waals surface area contributed by atoms with Crippen LogP contribution in [0.2, 0.25) is 0 Å². The Bertz CT molecular complexity index is 573. The summed E-state index contributed by atoms with van der Waals surface area (Å²) >= 11 is 0. The molecule has 1 atom stereocenters. The lowest BCUT2D eigenvalue weighted by molar-refractivity contribution is 0.401. The molecule has 0 amide bonds. The molecular weight excluding hydrogens is 275 g/mol. The van der Waals surface area contributed by atoms with E-state index in [1.54, 1.807) is 6.07 Å². The highest BCUT2D eigenvalue weighted by molar-refractivity contribution is 5.24. The molecule has 2 nitrogen and oxygen atoms in total. The molecule has 0 spiro atoms. The normalized spacial score (nSPS) is 12.9. The number of nitrogens with one attached hydrogen (secondary N) is 1. The van der Waals surface area contributed by atoms with Crippen molar-refractivity contribution in [2.45, 2.75) is 46.2 Å². The molecule has 1 heterocycles. The molecule has 0 aliphatic carbocycles. The van der Waals surface area contributed by atoms with Gasteiger partial charge in [0.1, 0.15) is 5.82 Å². The van der Waals surface area contributed by atoms with Crippen LogP contribution in [0.5, 0.6) is 0 Å². The van der Waals surface area contributed by atoms with Gasteiger partial charge in [-0.1, -0.05) is 52.0 Å². The van der Waals surface area contributed by atoms with Crippen molar-refractivity contribution < 1.29 is 4.39 Å². The summed E-state index contributed by atoms with van der Waals surface area (Å²) in [5.41, 5.74) is 3.48. The van der Waals surface area contributed by atoms with Gasteiger partial charge < -0.3 is 5.32 Å². The summed E-state index contributed by atoms with van der Waals surface area (Å²) in [5, 5.41) is 3.53. The lowest BCUT2D eigenvalue weighted by Gasteiger charge is -2.22. The molecule has 2 rings (SSSR count). The summed E-state index contributed by atoms with van der Waals surface area (Å²) in [7, 11) is 0. The van der Waals surface area contributed by atoms with Crippen molar-refractivity contribution in [3.8, 4) is 0 Å². The van der Waals surface area contributed by atoms with Crippen molar-refractivity contribution in [2.24, 2.45) is 5.92 Å². The van der Waals surface area contributed by atoms with Crippen molar-refractivity contribution in [3.63, 3.8) is 0 Å². The number of hydrogen-bond donors (Lipinski definition) is 1. The third-order valence-corrected chi connectivity index (χ3v) is 3.91. The predicted molar refractivity (Wildman–Crippen MR) is 89.1 cm³/mol. The zero-order valence-electron chi connectivity index (χ0n) is 13.8. The maximum absolute atomic E-state index is 13.0. The van der Waals surface area contributed by atoms with Crippen molar-refractivity contribution in [3.05, 3.63) is 65.2 Å². The van der Waals surface area contributed by atoms with Crippen LogP contribution in [0.4, 0.5) is 4.39 Å². The van der Waals surface area contributed by atoms with Crippen LogP contribution in [0.3, 0.4) is 0 Å². The summed E-state index contributed by atoms with van der Waals surface area (Å²) in [5.74, 6) is 0.636. The Labute approximate surface area is 132 Å². The van der Waals surface area contributed by atoms with E-state index >= 15 is 0 Å². The topological polar surface area (TPSA) is 24.9 Å². The lowest BCUT2D eigenvalue weighted by Crippen LogP contribution is -2.26. The van der Waals surface area contributed by atoms with Crippen LogP contribution >= 0.6 is 0 Å². The number of benzene rings is 1. The van der Waals surface area contributed by atoms with E-state index in [9.17, 15) is 4.39 Å². The van der Waals surface area contributed by atoms with Gasteiger partial charge in [0.05, 0.1) is 17.9 Å². The summed E-state index contributed by atoms with van der Waals surface area (Å²) in [6, 6.07) is 12.0. The van der Waals surface area contributed by atoms with Crippen molar-refractivity contribution in [1.29, 1.82) is 0 Å². The maximum atomic E-state index is 13.0. The third kappa shape index (κ3) is 4.38. The van der Waals surface area contributed by atoms with E-state index < -0.39 is 0 Å². The lowest BCUT2D eigenvalue weighted by atomic mass is 9.99. The quantitative estimate of drug-likeness (QED) is 0.826. The average Bonchev–Trinajstić information content (AvgIpc) is 2.49. The second-order valence-corrected chi connectivity index (χ2v) is 6.40. The van der Waals surface area contributed by atoms with Crippen LogP contribution in [-0.2, 0) is 6.54 Å². The maximum Gasteiger partial charge on any atom is 0.141 e. The van der Waals surface area contributed by atoms with Crippen LogP contribution in [0.15, 0.2) is 42.6 Å². The fraction of sp³-hybridized carbons (Fsp3) is 0.421. The molecule has 1 aromatic carbocycles. The first-order valence-electron chi connectivity index (χ1n) is 7.91. The van der Waals surface area contributed by atoms with Crippen molar-refractivity contribution in [1.82, 2.24) is 10.3 Å². The van der Waals surface area contributed by atoms with E-state index in [4.69, 9.17) is 0 Å². The Morgan fingerprint density at radius 1 is 1.00 bits per heavy atom. The SMILES string of the molecule is CC(C)c1ccc(CNC(c2ccc(F)cn2)C(C)C)cc1. The molecule has 1 aromatic heterocycles. The van der Waals surface area contributed by atoms with Crippen LogP contribution in [-0.4, -0.2) is 4.98 Å². The molecule has 0 saturated heterocycles. The molecule has 1 unspecified atom stereocenters. The van der Waals surface area contributed by atoms with E-state index in [2.05, 4.69) is 62.3 Å². The molecule has 0 saturated carbocycles. The van der Waals surface area contributed by atoms with Gasteiger partial charge in [0, 0.05) is 6.54 Å². The van der Waals surface area contributed by atoms with E-state index in [1.807, 2.05) is 0 Å². The van der Waals surface area contributed by atoms with Gasteiger partial charge in [0.2, 0.25) is 0 Å². The van der Waals surface area contributed by atoms with Crippen LogP contribution in [0.25, 0.3) is 0 Å². The van der Waals surface area contributed by atoms with E-state index in [-0.39, 0.29) is 11.9 Å². The Balaban J connectivity index is 2.04. The molecule has 0 bridgehead atoms. The minimum Gasteiger partial charge on any atom is -0.304 e. The number of aromatic nitrogens is 1. The first-order chi connectivity index (χ1) is 10.5. The zero-order chi connectivity index (χ0) is 16.1. The van der Waals surface area contributed by atoms with E-state index in [1.165, 1.54) is 23.4 Å². The summed E-state index contributed by atoms with van der Waals surface area (Å²) in [6.45, 7) is 9.46. The number of pyridine rings is 1. The third-order valence-electron chi connectivity index (χ3n) is 3.91. The number of nitrogens with zero attached hydrogens (tertiary/aromatic N) is 1. The van der Waals surface area contributed by atoms with Gasteiger partial charge in [-0.2, -0.15) is 0 Å². The second-order valence-electron chi connectivity index (χ2n) is 6.40. The molecule has 22 heavy (non-hydrogen) atoms. The highest BCUT2D eigenvalue weighted by atomic mass is 19.1. The first-order valence-corrected chi connectivity index (χ1v) is 7.91. The molecule has 2 aromatic rings. The fourth-order valence-electron chi connectivity index (χ4n) is 2.50. The molecule has 118 valence electrons. The van der Waals surface area contributed by atoms with Crippen LogP contribution < -0.4 is 5.32 Å². The molecule has 0 fully saturated rings. The Hall–Kier alpha value is -1.74. The summed E-state index contributed by atoms with van der Waals surface area (Å²) < 4.78 is 13.0. The van der Waals surface area contributed by atoms with Gasteiger partial charge in [0.25, 0.3) is 0 Å². The highest BCUT2D eigenvalue weighted by Gasteiger charge is 2.16. The average molecular weight is 300 g/mol.